The highest BCUT2D eigenvalue weighted by molar-refractivity contribution is 6.43. The minimum atomic E-state index is -0.251. The summed E-state index contributed by atoms with van der Waals surface area (Å²) < 4.78 is 5.36. The Hall–Kier alpha value is -0.970. The molecule has 0 saturated carbocycles. The molecule has 1 rings (SSSR count). The Balaban J connectivity index is 2.46. The molecule has 6 heteroatoms. The fraction of sp³-hybridized carbons (Fsp3) is 0.462. The van der Waals surface area contributed by atoms with E-state index in [1.165, 1.54) is 12.1 Å². The van der Waals surface area contributed by atoms with Crippen LogP contribution in [0.4, 0.5) is 5.69 Å². The van der Waals surface area contributed by atoms with E-state index in [4.69, 9.17) is 33.7 Å². The number of carbonyl (C=O) groups is 1. The molecular weight excluding hydrogens is 287 g/mol. The van der Waals surface area contributed by atoms with Gasteiger partial charge in [-0.05, 0) is 18.1 Å². The third-order valence-corrected chi connectivity index (χ3v) is 3.12. The molecule has 0 saturated heterocycles. The fourth-order valence-corrected chi connectivity index (χ4v) is 1.74. The third kappa shape index (κ3) is 5.27. The quantitative estimate of drug-likeness (QED) is 0.627. The SMILES string of the molecule is CC(C)COCCNC(=O)c1cc(N)c(Cl)c(Cl)c1. The van der Waals surface area contributed by atoms with E-state index in [0.29, 0.717) is 31.2 Å². The van der Waals surface area contributed by atoms with Crippen LogP contribution in [-0.4, -0.2) is 25.7 Å². The molecule has 1 amide bonds. The minimum absolute atomic E-state index is 0.251. The maximum absolute atomic E-state index is 11.8. The van der Waals surface area contributed by atoms with Crippen LogP contribution < -0.4 is 11.1 Å². The number of nitrogen functional groups attached to an aromatic ring is 1. The maximum atomic E-state index is 11.8. The molecule has 19 heavy (non-hydrogen) atoms. The molecule has 0 heterocycles. The van der Waals surface area contributed by atoms with Gasteiger partial charge in [0.2, 0.25) is 0 Å². The van der Waals surface area contributed by atoms with Crippen molar-refractivity contribution in [2.75, 3.05) is 25.5 Å². The number of nitrogens with one attached hydrogen (secondary N) is 1. The van der Waals surface area contributed by atoms with E-state index in [2.05, 4.69) is 19.2 Å². The largest absolute Gasteiger partial charge is 0.397 e. The summed E-state index contributed by atoms with van der Waals surface area (Å²) in [6.07, 6.45) is 0. The lowest BCUT2D eigenvalue weighted by Gasteiger charge is -2.09. The average molecular weight is 305 g/mol. The summed E-state index contributed by atoms with van der Waals surface area (Å²) in [5.74, 6) is 0.226. The van der Waals surface area contributed by atoms with Crippen molar-refractivity contribution in [2.24, 2.45) is 5.92 Å². The minimum Gasteiger partial charge on any atom is -0.397 e. The maximum Gasteiger partial charge on any atom is 0.251 e. The van der Waals surface area contributed by atoms with Crippen molar-refractivity contribution in [3.63, 3.8) is 0 Å². The van der Waals surface area contributed by atoms with Crippen molar-refractivity contribution >= 4 is 34.8 Å². The van der Waals surface area contributed by atoms with Gasteiger partial charge in [-0.2, -0.15) is 0 Å². The molecule has 0 fully saturated rings. The van der Waals surface area contributed by atoms with Crippen LogP contribution in [0.25, 0.3) is 0 Å². The van der Waals surface area contributed by atoms with Crippen LogP contribution in [0.15, 0.2) is 12.1 Å². The molecular formula is C13H18Cl2N2O2. The summed E-state index contributed by atoms with van der Waals surface area (Å²) in [5.41, 5.74) is 6.32. The molecule has 106 valence electrons. The lowest BCUT2D eigenvalue weighted by Crippen LogP contribution is -2.27. The zero-order chi connectivity index (χ0) is 14.4. The Labute approximate surface area is 123 Å². The van der Waals surface area contributed by atoms with Gasteiger partial charge in [0.1, 0.15) is 0 Å². The second-order valence-electron chi connectivity index (χ2n) is 4.59. The van der Waals surface area contributed by atoms with Gasteiger partial charge >= 0.3 is 0 Å². The molecule has 4 nitrogen and oxygen atoms in total. The number of hydrogen-bond acceptors (Lipinski definition) is 3. The Morgan fingerprint density at radius 3 is 2.68 bits per heavy atom. The number of amides is 1. The van der Waals surface area contributed by atoms with E-state index in [1.807, 2.05) is 0 Å². The summed E-state index contributed by atoms with van der Waals surface area (Å²) in [7, 11) is 0. The van der Waals surface area contributed by atoms with Crippen LogP contribution >= 0.6 is 23.2 Å². The molecule has 0 aromatic heterocycles. The first-order valence-electron chi connectivity index (χ1n) is 6.02. The number of halogens is 2. The highest BCUT2D eigenvalue weighted by Gasteiger charge is 2.10. The van der Waals surface area contributed by atoms with Crippen molar-refractivity contribution in [1.29, 1.82) is 0 Å². The first-order chi connectivity index (χ1) is 8.91. The van der Waals surface area contributed by atoms with E-state index < -0.39 is 0 Å². The van der Waals surface area contributed by atoms with Crippen molar-refractivity contribution in [2.45, 2.75) is 13.8 Å². The smallest absolute Gasteiger partial charge is 0.251 e. The number of ether oxygens (including phenoxy) is 1. The van der Waals surface area contributed by atoms with E-state index in [-0.39, 0.29) is 21.6 Å². The van der Waals surface area contributed by atoms with Gasteiger partial charge in [0.05, 0.1) is 22.3 Å². The molecule has 0 spiro atoms. The van der Waals surface area contributed by atoms with Gasteiger partial charge in [-0.25, -0.2) is 0 Å². The summed E-state index contributed by atoms with van der Waals surface area (Å²) in [6, 6.07) is 2.99. The highest BCUT2D eigenvalue weighted by atomic mass is 35.5. The molecule has 3 N–H and O–H groups in total. The van der Waals surface area contributed by atoms with Gasteiger partial charge in [-0.1, -0.05) is 37.0 Å². The van der Waals surface area contributed by atoms with Crippen molar-refractivity contribution in [3.05, 3.63) is 27.7 Å². The van der Waals surface area contributed by atoms with Crippen molar-refractivity contribution in [1.82, 2.24) is 5.32 Å². The van der Waals surface area contributed by atoms with Gasteiger partial charge in [-0.3, -0.25) is 4.79 Å². The number of hydrogen-bond donors (Lipinski definition) is 2. The number of nitrogens with two attached hydrogens (primary N) is 1. The normalized spacial score (nSPS) is 10.8. The number of rotatable bonds is 6. The van der Waals surface area contributed by atoms with Crippen LogP contribution in [-0.2, 0) is 4.74 Å². The van der Waals surface area contributed by atoms with E-state index in [0.717, 1.165) is 0 Å². The molecule has 1 aromatic rings. The summed E-state index contributed by atoms with van der Waals surface area (Å²) in [4.78, 5) is 11.8. The zero-order valence-corrected chi connectivity index (χ0v) is 12.5. The topological polar surface area (TPSA) is 64.3 Å². The second-order valence-corrected chi connectivity index (χ2v) is 5.37. The number of benzene rings is 1. The highest BCUT2D eigenvalue weighted by Crippen LogP contribution is 2.29. The number of carbonyl (C=O) groups excluding carboxylic acids is 1. The molecule has 0 aliphatic rings. The fourth-order valence-electron chi connectivity index (χ4n) is 1.40. The second kappa shape index (κ2) is 7.58. The first-order valence-corrected chi connectivity index (χ1v) is 6.78. The Kier molecular flexibility index (Phi) is 6.42. The monoisotopic (exact) mass is 304 g/mol. The van der Waals surface area contributed by atoms with E-state index >= 15 is 0 Å². The van der Waals surface area contributed by atoms with Gasteiger partial charge in [0.25, 0.3) is 5.91 Å². The summed E-state index contributed by atoms with van der Waals surface area (Å²) >= 11 is 11.7. The summed E-state index contributed by atoms with van der Waals surface area (Å²) in [6.45, 7) is 5.72. The van der Waals surface area contributed by atoms with Gasteiger partial charge in [0, 0.05) is 18.7 Å². The Bertz CT molecular complexity index is 427. The zero-order valence-electron chi connectivity index (χ0n) is 11.0. The van der Waals surface area contributed by atoms with Gasteiger partial charge in [-0.15, -0.1) is 0 Å². The Morgan fingerprint density at radius 1 is 1.42 bits per heavy atom. The van der Waals surface area contributed by atoms with Crippen LogP contribution in [0.2, 0.25) is 10.0 Å². The lowest BCUT2D eigenvalue weighted by molar-refractivity contribution is 0.0886. The third-order valence-electron chi connectivity index (χ3n) is 2.30. The average Bonchev–Trinajstić information content (AvgIpc) is 2.34. The predicted octanol–water partition coefficient (Wildman–Crippen LogP) is 2.98. The van der Waals surface area contributed by atoms with Crippen LogP contribution in [0.1, 0.15) is 24.2 Å². The standard InChI is InChI=1S/C13H18Cl2N2O2/c1-8(2)7-19-4-3-17-13(18)9-5-10(14)12(15)11(16)6-9/h5-6,8H,3-4,7,16H2,1-2H3,(H,17,18). The van der Waals surface area contributed by atoms with Crippen LogP contribution in [0, 0.1) is 5.92 Å². The summed E-state index contributed by atoms with van der Waals surface area (Å²) in [5, 5.41) is 3.25. The van der Waals surface area contributed by atoms with Crippen molar-refractivity contribution in [3.8, 4) is 0 Å². The molecule has 0 unspecified atom stereocenters. The Morgan fingerprint density at radius 2 is 2.11 bits per heavy atom. The molecule has 0 aliphatic carbocycles. The van der Waals surface area contributed by atoms with E-state index in [9.17, 15) is 4.79 Å². The molecule has 1 aromatic carbocycles. The first kappa shape index (κ1) is 16.1. The lowest BCUT2D eigenvalue weighted by atomic mass is 10.2. The molecule has 0 radical (unpaired) electrons. The van der Waals surface area contributed by atoms with Crippen LogP contribution in [0.3, 0.4) is 0 Å². The molecule has 0 atom stereocenters. The van der Waals surface area contributed by atoms with Gasteiger partial charge < -0.3 is 15.8 Å². The van der Waals surface area contributed by atoms with Crippen molar-refractivity contribution < 1.29 is 9.53 Å². The van der Waals surface area contributed by atoms with Gasteiger partial charge in [0.15, 0.2) is 0 Å². The van der Waals surface area contributed by atoms with Crippen LogP contribution in [0.5, 0.6) is 0 Å². The number of anilines is 1. The van der Waals surface area contributed by atoms with E-state index in [1.54, 1.807) is 0 Å². The predicted molar refractivity (Wildman–Crippen MR) is 78.9 cm³/mol. The molecule has 0 aliphatic heterocycles. The molecule has 0 bridgehead atoms.